The third-order valence-electron chi connectivity index (χ3n) is 5.62. The summed E-state index contributed by atoms with van der Waals surface area (Å²) in [6, 6.07) is 8.69. The van der Waals surface area contributed by atoms with Crippen LogP contribution in [0.2, 0.25) is 5.02 Å². The van der Waals surface area contributed by atoms with Crippen molar-refractivity contribution in [1.29, 1.82) is 0 Å². The van der Waals surface area contributed by atoms with Gasteiger partial charge in [0.05, 0.1) is 31.8 Å². The number of carbonyl (C=O) groups is 1. The minimum atomic E-state index is -4.21. The van der Waals surface area contributed by atoms with Crippen molar-refractivity contribution in [3.05, 3.63) is 68.5 Å². The van der Waals surface area contributed by atoms with Crippen LogP contribution >= 0.6 is 11.6 Å². The molecule has 2 aromatic heterocycles. The fourth-order valence-electron chi connectivity index (χ4n) is 3.98. The summed E-state index contributed by atoms with van der Waals surface area (Å²) >= 11 is 6.05. The van der Waals surface area contributed by atoms with E-state index in [1.54, 1.807) is 12.3 Å². The van der Waals surface area contributed by atoms with Gasteiger partial charge in [0.15, 0.2) is 0 Å². The van der Waals surface area contributed by atoms with E-state index >= 15 is 0 Å². The van der Waals surface area contributed by atoms with Crippen molar-refractivity contribution in [2.45, 2.75) is 35.3 Å². The van der Waals surface area contributed by atoms with Crippen LogP contribution in [0.15, 0.2) is 62.0 Å². The monoisotopic (exact) mass is 489 g/mol. The summed E-state index contributed by atoms with van der Waals surface area (Å²) in [5, 5.41) is 9.96. The van der Waals surface area contributed by atoms with Gasteiger partial charge >= 0.3 is 11.7 Å². The van der Waals surface area contributed by atoms with Crippen molar-refractivity contribution >= 4 is 49.2 Å². The number of sulfone groups is 1. The number of fused-ring (bicyclic) bond motifs is 2. The Kier molecular flexibility index (Phi) is 4.66. The van der Waals surface area contributed by atoms with E-state index in [0.29, 0.717) is 11.9 Å². The van der Waals surface area contributed by atoms with Gasteiger partial charge in [-0.3, -0.25) is 9.59 Å². The molecule has 0 unspecified atom stereocenters. The molecule has 0 saturated heterocycles. The van der Waals surface area contributed by atoms with E-state index in [-0.39, 0.29) is 48.6 Å². The molecule has 2 N–H and O–H groups in total. The summed E-state index contributed by atoms with van der Waals surface area (Å²) in [7, 11) is -4.21. The fourth-order valence-corrected chi connectivity index (χ4v) is 5.65. The van der Waals surface area contributed by atoms with Crippen LogP contribution in [-0.2, 0) is 19.4 Å². The second-order valence-corrected chi connectivity index (χ2v) is 10.1. The predicted octanol–water partition coefficient (Wildman–Crippen LogP) is 2.24. The standard InChI is InChI=1S/C21H16ClN3O7S/c1-10(26)32-16-9-15(16)24-7-6-11-2-3-12(8-14(11)24)33(30,31)17-5-4-13(22)18-19(17)23-21(28)25(29)20(18)27/h2-8,15-16,29H,9H2,1H3,(H,23,28)/t15-,16-/m1/s1. The maximum atomic E-state index is 13.5. The number of carbonyl (C=O) groups excluding carboxylic acids is 1. The number of esters is 1. The summed E-state index contributed by atoms with van der Waals surface area (Å²) < 4.78 is 34.0. The van der Waals surface area contributed by atoms with E-state index in [2.05, 4.69) is 4.98 Å². The average molecular weight is 490 g/mol. The summed E-state index contributed by atoms with van der Waals surface area (Å²) in [6.07, 6.45) is 2.15. The molecule has 0 radical (unpaired) electrons. The van der Waals surface area contributed by atoms with Crippen molar-refractivity contribution in [1.82, 2.24) is 14.3 Å². The van der Waals surface area contributed by atoms with Crippen LogP contribution in [-0.4, -0.2) is 40.0 Å². The van der Waals surface area contributed by atoms with E-state index in [9.17, 15) is 28.0 Å². The van der Waals surface area contributed by atoms with E-state index < -0.39 is 21.1 Å². The SMILES string of the molecule is CC(=O)O[C@@H]1C[C@H]1n1ccc2ccc(S(=O)(=O)c3ccc(Cl)c4c(=O)n(O)c(=O)[nH]c34)cc21. The van der Waals surface area contributed by atoms with Crippen LogP contribution in [0.4, 0.5) is 0 Å². The molecule has 10 nitrogen and oxygen atoms in total. The first-order valence-corrected chi connectivity index (χ1v) is 11.7. The lowest BCUT2D eigenvalue weighted by atomic mass is 10.2. The van der Waals surface area contributed by atoms with Crippen LogP contribution in [0.1, 0.15) is 19.4 Å². The number of aromatic amines is 1. The zero-order valence-corrected chi connectivity index (χ0v) is 18.6. The first-order valence-electron chi connectivity index (χ1n) is 9.79. The number of nitrogens with one attached hydrogen (secondary N) is 1. The minimum Gasteiger partial charge on any atom is -0.460 e. The molecule has 0 amide bonds. The quantitative estimate of drug-likeness (QED) is 0.331. The van der Waals surface area contributed by atoms with Gasteiger partial charge in [0, 0.05) is 25.1 Å². The minimum absolute atomic E-state index is 0.0720. The highest BCUT2D eigenvalue weighted by Crippen LogP contribution is 2.41. The van der Waals surface area contributed by atoms with Gasteiger partial charge in [-0.15, -0.1) is 0 Å². The molecule has 5 rings (SSSR count). The van der Waals surface area contributed by atoms with Gasteiger partial charge in [0.2, 0.25) is 9.84 Å². The zero-order chi connectivity index (χ0) is 23.7. The molecule has 12 heteroatoms. The molecule has 2 atom stereocenters. The highest BCUT2D eigenvalue weighted by Gasteiger charge is 2.42. The van der Waals surface area contributed by atoms with Crippen LogP contribution in [0.3, 0.4) is 0 Å². The first kappa shape index (κ1) is 21.3. The van der Waals surface area contributed by atoms with Crippen LogP contribution in [0.25, 0.3) is 21.8 Å². The van der Waals surface area contributed by atoms with Crippen molar-refractivity contribution in [2.75, 3.05) is 0 Å². The van der Waals surface area contributed by atoms with Gasteiger partial charge in [-0.2, -0.15) is 0 Å². The molecule has 0 bridgehead atoms. The Bertz CT molecular complexity index is 1700. The summed E-state index contributed by atoms with van der Waals surface area (Å²) in [5.74, 6) is -0.382. The first-order chi connectivity index (χ1) is 15.6. The average Bonchev–Trinajstić information content (AvgIpc) is 3.36. The molecule has 4 aromatic rings. The highest BCUT2D eigenvalue weighted by molar-refractivity contribution is 7.91. The van der Waals surface area contributed by atoms with E-state index in [4.69, 9.17) is 16.3 Å². The van der Waals surface area contributed by atoms with Crippen LogP contribution < -0.4 is 11.2 Å². The normalized spacial score (nSPS) is 18.0. The Morgan fingerprint density at radius 2 is 1.97 bits per heavy atom. The summed E-state index contributed by atoms with van der Waals surface area (Å²) in [6.45, 7) is 1.33. The van der Waals surface area contributed by atoms with E-state index in [1.165, 1.54) is 31.2 Å². The lowest BCUT2D eigenvalue weighted by Gasteiger charge is -2.11. The van der Waals surface area contributed by atoms with Gasteiger partial charge in [-0.25, -0.2) is 13.2 Å². The molecule has 0 aliphatic heterocycles. The molecular formula is C21H16ClN3O7S. The number of aromatic nitrogens is 3. The lowest BCUT2D eigenvalue weighted by molar-refractivity contribution is -0.142. The van der Waals surface area contributed by atoms with Gasteiger partial charge in [-0.05, 0) is 35.7 Å². The highest BCUT2D eigenvalue weighted by atomic mass is 35.5. The van der Waals surface area contributed by atoms with Gasteiger partial charge in [-0.1, -0.05) is 22.4 Å². The Morgan fingerprint density at radius 3 is 2.70 bits per heavy atom. The van der Waals surface area contributed by atoms with E-state index in [0.717, 1.165) is 5.39 Å². The molecule has 170 valence electrons. The molecule has 33 heavy (non-hydrogen) atoms. The maximum absolute atomic E-state index is 13.5. The third kappa shape index (κ3) is 3.31. The van der Waals surface area contributed by atoms with Crippen molar-refractivity contribution in [3.63, 3.8) is 0 Å². The number of hydrogen-bond donors (Lipinski definition) is 2. The number of benzene rings is 2. The molecule has 1 aliphatic rings. The smallest absolute Gasteiger partial charge is 0.362 e. The molecule has 0 spiro atoms. The van der Waals surface area contributed by atoms with Gasteiger partial charge < -0.3 is 19.5 Å². The Labute approximate surface area is 190 Å². The molecule has 1 aliphatic carbocycles. The number of rotatable bonds is 4. The Hall–Kier alpha value is -3.57. The number of H-pyrrole nitrogens is 1. The molecular weight excluding hydrogens is 474 g/mol. The second kappa shape index (κ2) is 7.22. The third-order valence-corrected chi connectivity index (χ3v) is 7.72. The number of hydrogen-bond acceptors (Lipinski definition) is 7. The summed E-state index contributed by atoms with van der Waals surface area (Å²) in [4.78, 5) is 37.3. The largest absolute Gasteiger partial charge is 0.460 e. The number of nitrogens with zero attached hydrogens (tertiary/aromatic N) is 2. The van der Waals surface area contributed by atoms with Gasteiger partial charge in [0.1, 0.15) is 6.10 Å². The van der Waals surface area contributed by atoms with Crippen molar-refractivity contribution in [2.24, 2.45) is 0 Å². The number of halogens is 1. The second-order valence-electron chi connectivity index (χ2n) is 7.74. The Morgan fingerprint density at radius 1 is 1.21 bits per heavy atom. The molecule has 1 fully saturated rings. The van der Waals surface area contributed by atoms with Crippen molar-refractivity contribution < 1.29 is 23.2 Å². The van der Waals surface area contributed by atoms with Crippen molar-refractivity contribution in [3.8, 4) is 0 Å². The summed E-state index contributed by atoms with van der Waals surface area (Å²) in [5.41, 5.74) is -2.00. The zero-order valence-electron chi connectivity index (χ0n) is 17.0. The fraction of sp³-hybridized carbons (Fsp3) is 0.190. The van der Waals surface area contributed by atoms with E-state index in [1.807, 2.05) is 10.6 Å². The number of ether oxygens (including phenoxy) is 1. The predicted molar refractivity (Wildman–Crippen MR) is 118 cm³/mol. The molecule has 2 aromatic carbocycles. The van der Waals surface area contributed by atoms with Gasteiger partial charge in [0.25, 0.3) is 5.56 Å². The maximum Gasteiger partial charge on any atom is 0.362 e. The topological polar surface area (TPSA) is 140 Å². The molecule has 2 heterocycles. The molecule has 1 saturated carbocycles. The Balaban J connectivity index is 1.67. The van der Waals surface area contributed by atoms with Crippen LogP contribution in [0, 0.1) is 0 Å². The van der Waals surface area contributed by atoms with Crippen LogP contribution in [0.5, 0.6) is 0 Å². The lowest BCUT2D eigenvalue weighted by Crippen LogP contribution is -2.33.